The van der Waals surface area contributed by atoms with Crippen molar-refractivity contribution in [1.82, 2.24) is 0 Å². The summed E-state index contributed by atoms with van der Waals surface area (Å²) in [5.41, 5.74) is -1.26. The molecule has 0 spiro atoms. The third kappa shape index (κ3) is 3.77. The second-order valence-electron chi connectivity index (χ2n) is 4.29. The van der Waals surface area contributed by atoms with Gasteiger partial charge in [-0.05, 0) is 34.1 Å². The summed E-state index contributed by atoms with van der Waals surface area (Å²) in [7, 11) is 1.52. The molecule has 0 N–H and O–H groups in total. The fraction of sp³-hybridized carbons (Fsp3) is 0.900. The largest absolute Gasteiger partial charge is 0.458 e. The van der Waals surface area contributed by atoms with Crippen LogP contribution in [0.1, 0.15) is 41.0 Å². The third-order valence-electron chi connectivity index (χ3n) is 1.96. The van der Waals surface area contributed by atoms with Gasteiger partial charge in [-0.15, -0.1) is 0 Å². The zero-order chi connectivity index (χ0) is 10.7. The van der Waals surface area contributed by atoms with Gasteiger partial charge in [0.1, 0.15) is 5.60 Å². The summed E-state index contributed by atoms with van der Waals surface area (Å²) in [5, 5.41) is 0. The molecule has 0 radical (unpaired) electrons. The van der Waals surface area contributed by atoms with E-state index in [1.165, 1.54) is 7.11 Å². The predicted molar refractivity (Wildman–Crippen MR) is 51.6 cm³/mol. The molecule has 0 aromatic heterocycles. The number of carbonyl (C=O) groups excluding carboxylic acids is 1. The highest BCUT2D eigenvalue weighted by Crippen LogP contribution is 2.19. The van der Waals surface area contributed by atoms with E-state index in [2.05, 4.69) is 0 Å². The summed E-state index contributed by atoms with van der Waals surface area (Å²) in [6.07, 6.45) is 0.610. The number of ether oxygens (including phenoxy) is 2. The summed E-state index contributed by atoms with van der Waals surface area (Å²) in [6.45, 7) is 9.17. The first-order valence-electron chi connectivity index (χ1n) is 4.54. The Morgan fingerprint density at radius 1 is 1.23 bits per heavy atom. The van der Waals surface area contributed by atoms with Crippen molar-refractivity contribution < 1.29 is 14.3 Å². The highest BCUT2D eigenvalue weighted by molar-refractivity contribution is 5.79. The lowest BCUT2D eigenvalue weighted by Gasteiger charge is -2.29. The fourth-order valence-electron chi connectivity index (χ4n) is 0.758. The number of esters is 1. The van der Waals surface area contributed by atoms with E-state index in [1.54, 1.807) is 6.92 Å². The normalized spacial score (nSPS) is 16.5. The van der Waals surface area contributed by atoms with Crippen LogP contribution in [0.15, 0.2) is 0 Å². The smallest absolute Gasteiger partial charge is 0.338 e. The van der Waals surface area contributed by atoms with E-state index in [1.807, 2.05) is 27.7 Å². The maximum atomic E-state index is 11.6. The average molecular weight is 188 g/mol. The molecule has 1 atom stereocenters. The molecule has 3 heteroatoms. The number of carbonyl (C=O) groups is 1. The molecule has 13 heavy (non-hydrogen) atoms. The van der Waals surface area contributed by atoms with Gasteiger partial charge < -0.3 is 9.47 Å². The molecule has 0 aromatic rings. The van der Waals surface area contributed by atoms with Gasteiger partial charge in [0.05, 0.1) is 0 Å². The van der Waals surface area contributed by atoms with Crippen LogP contribution in [0.25, 0.3) is 0 Å². The first-order chi connectivity index (χ1) is 5.75. The Morgan fingerprint density at radius 3 is 1.92 bits per heavy atom. The van der Waals surface area contributed by atoms with E-state index >= 15 is 0 Å². The van der Waals surface area contributed by atoms with Gasteiger partial charge in [0.25, 0.3) is 0 Å². The van der Waals surface area contributed by atoms with Crippen LogP contribution in [-0.2, 0) is 14.3 Å². The first kappa shape index (κ1) is 12.4. The summed E-state index contributed by atoms with van der Waals surface area (Å²) in [4.78, 5) is 11.6. The van der Waals surface area contributed by atoms with Crippen molar-refractivity contribution >= 4 is 5.97 Å². The summed E-state index contributed by atoms with van der Waals surface area (Å²) >= 11 is 0. The van der Waals surface area contributed by atoms with Crippen LogP contribution < -0.4 is 0 Å². The Balaban J connectivity index is 4.41. The lowest BCUT2D eigenvalue weighted by atomic mass is 10.0. The summed E-state index contributed by atoms with van der Waals surface area (Å²) in [5.74, 6) is -0.301. The zero-order valence-corrected chi connectivity index (χ0v) is 9.43. The molecular weight excluding hydrogens is 168 g/mol. The first-order valence-corrected chi connectivity index (χ1v) is 4.54. The molecule has 1 unspecified atom stereocenters. The number of hydrogen-bond acceptors (Lipinski definition) is 3. The number of hydrogen-bond donors (Lipinski definition) is 0. The zero-order valence-electron chi connectivity index (χ0n) is 9.43. The molecule has 0 amide bonds. The van der Waals surface area contributed by atoms with Crippen molar-refractivity contribution in [2.24, 2.45) is 0 Å². The maximum absolute atomic E-state index is 11.6. The molecule has 0 saturated heterocycles. The minimum Gasteiger partial charge on any atom is -0.458 e. The highest BCUT2D eigenvalue weighted by atomic mass is 16.6. The van der Waals surface area contributed by atoms with Gasteiger partial charge in [0.2, 0.25) is 0 Å². The standard InChI is InChI=1S/C10H20O3/c1-7-10(5,12-6)8(11)13-9(2,3)4/h7H2,1-6H3. The second kappa shape index (κ2) is 4.09. The van der Waals surface area contributed by atoms with Crippen LogP contribution in [0.3, 0.4) is 0 Å². The van der Waals surface area contributed by atoms with E-state index in [-0.39, 0.29) is 5.97 Å². The van der Waals surface area contributed by atoms with Crippen molar-refractivity contribution in [2.45, 2.75) is 52.2 Å². The topological polar surface area (TPSA) is 35.5 Å². The van der Waals surface area contributed by atoms with Gasteiger partial charge in [-0.3, -0.25) is 0 Å². The van der Waals surface area contributed by atoms with Crippen LogP contribution in [0.5, 0.6) is 0 Å². The molecule has 0 fully saturated rings. The van der Waals surface area contributed by atoms with E-state index in [4.69, 9.17) is 9.47 Å². The molecule has 78 valence electrons. The lowest BCUT2D eigenvalue weighted by Crippen LogP contribution is -2.42. The maximum Gasteiger partial charge on any atom is 0.338 e. The van der Waals surface area contributed by atoms with Crippen LogP contribution >= 0.6 is 0 Å². The molecule has 0 aliphatic rings. The summed E-state index contributed by atoms with van der Waals surface area (Å²) < 4.78 is 10.3. The van der Waals surface area contributed by atoms with Crippen LogP contribution in [-0.4, -0.2) is 24.3 Å². The minimum atomic E-state index is -0.812. The van der Waals surface area contributed by atoms with Crippen LogP contribution in [0.4, 0.5) is 0 Å². The van der Waals surface area contributed by atoms with Crippen molar-refractivity contribution in [3.05, 3.63) is 0 Å². The average Bonchev–Trinajstić information content (AvgIpc) is 2.00. The van der Waals surface area contributed by atoms with Crippen molar-refractivity contribution in [2.75, 3.05) is 7.11 Å². The number of methoxy groups -OCH3 is 1. The molecule has 0 saturated carbocycles. The van der Waals surface area contributed by atoms with Gasteiger partial charge in [-0.1, -0.05) is 6.92 Å². The molecule has 0 aromatic carbocycles. The van der Waals surface area contributed by atoms with Gasteiger partial charge in [-0.25, -0.2) is 4.79 Å². The predicted octanol–water partition coefficient (Wildman–Crippen LogP) is 2.14. The molecule has 0 rings (SSSR count). The third-order valence-corrected chi connectivity index (χ3v) is 1.96. The van der Waals surface area contributed by atoms with Gasteiger partial charge in [-0.2, -0.15) is 0 Å². The van der Waals surface area contributed by atoms with Crippen LogP contribution in [0.2, 0.25) is 0 Å². The quantitative estimate of drug-likeness (QED) is 0.636. The van der Waals surface area contributed by atoms with Gasteiger partial charge in [0.15, 0.2) is 5.60 Å². The molecule has 3 nitrogen and oxygen atoms in total. The Hall–Kier alpha value is -0.570. The van der Waals surface area contributed by atoms with E-state index in [9.17, 15) is 4.79 Å². The van der Waals surface area contributed by atoms with Gasteiger partial charge in [0, 0.05) is 7.11 Å². The van der Waals surface area contributed by atoms with E-state index in [0.29, 0.717) is 6.42 Å². The molecule has 0 aliphatic heterocycles. The lowest BCUT2D eigenvalue weighted by molar-refractivity contribution is -0.178. The van der Waals surface area contributed by atoms with Crippen molar-refractivity contribution in [3.63, 3.8) is 0 Å². The molecular formula is C10H20O3. The van der Waals surface area contributed by atoms with Crippen molar-refractivity contribution in [1.29, 1.82) is 0 Å². The Morgan fingerprint density at radius 2 is 1.69 bits per heavy atom. The Kier molecular flexibility index (Phi) is 3.91. The highest BCUT2D eigenvalue weighted by Gasteiger charge is 2.35. The molecule has 0 aliphatic carbocycles. The van der Waals surface area contributed by atoms with Crippen LogP contribution in [0, 0.1) is 0 Å². The minimum absolute atomic E-state index is 0.301. The van der Waals surface area contributed by atoms with E-state index < -0.39 is 11.2 Å². The monoisotopic (exact) mass is 188 g/mol. The van der Waals surface area contributed by atoms with E-state index in [0.717, 1.165) is 0 Å². The Labute approximate surface area is 80.4 Å². The second-order valence-corrected chi connectivity index (χ2v) is 4.29. The molecule has 0 heterocycles. The van der Waals surface area contributed by atoms with Crippen molar-refractivity contribution in [3.8, 4) is 0 Å². The summed E-state index contributed by atoms with van der Waals surface area (Å²) in [6, 6.07) is 0. The Bertz CT molecular complexity index is 175. The number of rotatable bonds is 3. The molecule has 0 bridgehead atoms. The SMILES string of the molecule is CCC(C)(OC)C(=O)OC(C)(C)C. The fourth-order valence-corrected chi connectivity index (χ4v) is 0.758. The van der Waals surface area contributed by atoms with Gasteiger partial charge >= 0.3 is 5.97 Å².